The molecule has 3 rings (SSSR count). The number of β-amino-alcohol motifs (C(OH)–C–C–N with tert-alkyl or cyclic N) is 1. The molecule has 1 amide bonds. The molecule has 20 heavy (non-hydrogen) atoms. The lowest BCUT2D eigenvalue weighted by Gasteiger charge is -2.24. The highest BCUT2D eigenvalue weighted by Gasteiger charge is 2.22. The molecule has 0 bridgehead atoms. The molecule has 2 heterocycles. The fourth-order valence-electron chi connectivity index (χ4n) is 2.67. The van der Waals surface area contributed by atoms with Gasteiger partial charge in [0.1, 0.15) is 0 Å². The molecule has 0 saturated carbocycles. The molecule has 1 atom stereocenters. The normalized spacial score (nSPS) is 19.9. The Labute approximate surface area is 118 Å². The van der Waals surface area contributed by atoms with E-state index in [2.05, 4.69) is 0 Å². The molecule has 108 valence electrons. The molecule has 5 nitrogen and oxygen atoms in total. The van der Waals surface area contributed by atoms with Gasteiger partial charge in [-0.2, -0.15) is 0 Å². The zero-order chi connectivity index (χ0) is 13.9. The number of likely N-dealkylation sites (tertiary alicyclic amines) is 1. The van der Waals surface area contributed by atoms with Crippen molar-refractivity contribution in [2.24, 2.45) is 0 Å². The summed E-state index contributed by atoms with van der Waals surface area (Å²) in [7, 11) is 0. The monoisotopic (exact) mass is 277 g/mol. The molecule has 1 saturated heterocycles. The van der Waals surface area contributed by atoms with Crippen LogP contribution in [0.5, 0.6) is 11.5 Å². The van der Waals surface area contributed by atoms with Gasteiger partial charge in [-0.3, -0.25) is 4.79 Å². The second-order valence-corrected chi connectivity index (χ2v) is 5.28. The van der Waals surface area contributed by atoms with Crippen LogP contribution in [0.4, 0.5) is 0 Å². The first-order valence-electron chi connectivity index (χ1n) is 7.09. The first-order chi connectivity index (χ1) is 9.74. The molecule has 2 aliphatic rings. The highest BCUT2D eigenvalue weighted by Crippen LogP contribution is 2.34. The van der Waals surface area contributed by atoms with Gasteiger partial charge in [-0.05, 0) is 30.5 Å². The summed E-state index contributed by atoms with van der Waals surface area (Å²) in [5, 5.41) is 10.3. The van der Waals surface area contributed by atoms with E-state index in [1.807, 2.05) is 6.07 Å². The standard InChI is InChI=1S/C15H19NO4/c17-12(9-16-7-3-1-2-4-15(16)18)11-5-6-13-14(8-11)20-10-19-13/h5-6,8,12,17H,1-4,7,9-10H2. The van der Waals surface area contributed by atoms with Crippen LogP contribution in [-0.2, 0) is 4.79 Å². The van der Waals surface area contributed by atoms with Gasteiger partial charge in [-0.25, -0.2) is 0 Å². The minimum absolute atomic E-state index is 0.141. The molecule has 5 heteroatoms. The molecular weight excluding hydrogens is 258 g/mol. The number of rotatable bonds is 3. The molecule has 0 aromatic heterocycles. The number of hydrogen-bond donors (Lipinski definition) is 1. The number of carbonyl (C=O) groups is 1. The Morgan fingerprint density at radius 3 is 2.95 bits per heavy atom. The number of fused-ring (bicyclic) bond motifs is 1. The first kappa shape index (κ1) is 13.2. The molecule has 1 N–H and O–H groups in total. The van der Waals surface area contributed by atoms with Crippen LogP contribution in [-0.4, -0.2) is 35.8 Å². The fraction of sp³-hybridized carbons (Fsp3) is 0.533. The average molecular weight is 277 g/mol. The molecule has 0 aliphatic carbocycles. The lowest BCUT2D eigenvalue weighted by molar-refractivity contribution is -0.132. The molecule has 1 aromatic carbocycles. The number of benzene rings is 1. The topological polar surface area (TPSA) is 59.0 Å². The Kier molecular flexibility index (Phi) is 3.78. The first-order valence-corrected chi connectivity index (χ1v) is 7.09. The summed E-state index contributed by atoms with van der Waals surface area (Å²) < 4.78 is 10.6. The molecule has 1 fully saturated rings. The summed E-state index contributed by atoms with van der Waals surface area (Å²) in [4.78, 5) is 13.7. The maximum atomic E-state index is 11.9. The molecule has 2 aliphatic heterocycles. The Morgan fingerprint density at radius 2 is 2.05 bits per heavy atom. The van der Waals surface area contributed by atoms with Crippen LogP contribution in [0.3, 0.4) is 0 Å². The van der Waals surface area contributed by atoms with Crippen LogP contribution in [0.1, 0.15) is 37.4 Å². The summed E-state index contributed by atoms with van der Waals surface area (Å²) in [6, 6.07) is 5.40. The van der Waals surface area contributed by atoms with E-state index in [0.29, 0.717) is 24.5 Å². The zero-order valence-electron chi connectivity index (χ0n) is 11.4. The summed E-state index contributed by atoms with van der Waals surface area (Å²) in [6.45, 7) is 1.30. The van der Waals surface area contributed by atoms with E-state index in [-0.39, 0.29) is 12.7 Å². The highest BCUT2D eigenvalue weighted by molar-refractivity contribution is 5.76. The van der Waals surface area contributed by atoms with Crippen molar-refractivity contribution in [3.05, 3.63) is 23.8 Å². The number of aliphatic hydroxyl groups is 1. The van der Waals surface area contributed by atoms with E-state index in [1.165, 1.54) is 0 Å². The number of amides is 1. The van der Waals surface area contributed by atoms with Gasteiger partial charge >= 0.3 is 0 Å². The third kappa shape index (κ3) is 2.72. The Hall–Kier alpha value is -1.75. The van der Waals surface area contributed by atoms with E-state index in [9.17, 15) is 9.90 Å². The van der Waals surface area contributed by atoms with Gasteiger partial charge < -0.3 is 19.5 Å². The quantitative estimate of drug-likeness (QED) is 0.916. The fourth-order valence-corrected chi connectivity index (χ4v) is 2.67. The maximum absolute atomic E-state index is 11.9. The molecular formula is C15H19NO4. The highest BCUT2D eigenvalue weighted by atomic mass is 16.7. The lowest BCUT2D eigenvalue weighted by Crippen LogP contribution is -2.34. The van der Waals surface area contributed by atoms with Crippen LogP contribution in [0, 0.1) is 0 Å². The van der Waals surface area contributed by atoms with Crippen molar-refractivity contribution in [3.63, 3.8) is 0 Å². The second-order valence-electron chi connectivity index (χ2n) is 5.28. The Balaban J connectivity index is 1.69. The molecule has 0 spiro atoms. The third-order valence-electron chi connectivity index (χ3n) is 3.85. The van der Waals surface area contributed by atoms with Crippen LogP contribution in [0.15, 0.2) is 18.2 Å². The van der Waals surface area contributed by atoms with Crippen molar-refractivity contribution < 1.29 is 19.4 Å². The number of carbonyl (C=O) groups excluding carboxylic acids is 1. The van der Waals surface area contributed by atoms with E-state index < -0.39 is 6.10 Å². The zero-order valence-corrected chi connectivity index (χ0v) is 11.4. The minimum Gasteiger partial charge on any atom is -0.454 e. The van der Waals surface area contributed by atoms with E-state index >= 15 is 0 Å². The summed E-state index contributed by atoms with van der Waals surface area (Å²) >= 11 is 0. The van der Waals surface area contributed by atoms with Crippen LogP contribution in [0.25, 0.3) is 0 Å². The van der Waals surface area contributed by atoms with Crippen LogP contribution in [0.2, 0.25) is 0 Å². The second kappa shape index (κ2) is 5.71. The number of nitrogens with zero attached hydrogens (tertiary/aromatic N) is 1. The van der Waals surface area contributed by atoms with E-state index in [1.54, 1.807) is 17.0 Å². The predicted molar refractivity (Wildman–Crippen MR) is 72.6 cm³/mol. The van der Waals surface area contributed by atoms with Gasteiger partial charge in [0.15, 0.2) is 11.5 Å². The van der Waals surface area contributed by atoms with Gasteiger partial charge in [0.25, 0.3) is 0 Å². The van der Waals surface area contributed by atoms with Gasteiger partial charge in [0, 0.05) is 13.0 Å². The maximum Gasteiger partial charge on any atom is 0.231 e. The van der Waals surface area contributed by atoms with E-state index in [0.717, 1.165) is 31.4 Å². The minimum atomic E-state index is -0.688. The summed E-state index contributed by atoms with van der Waals surface area (Å²) in [5.41, 5.74) is 0.756. The van der Waals surface area contributed by atoms with Gasteiger partial charge in [-0.1, -0.05) is 12.5 Å². The van der Waals surface area contributed by atoms with Crippen molar-refractivity contribution in [2.45, 2.75) is 31.8 Å². The average Bonchev–Trinajstić information content (AvgIpc) is 2.83. The largest absolute Gasteiger partial charge is 0.454 e. The van der Waals surface area contributed by atoms with Crippen molar-refractivity contribution in [2.75, 3.05) is 19.9 Å². The van der Waals surface area contributed by atoms with Crippen LogP contribution >= 0.6 is 0 Å². The van der Waals surface area contributed by atoms with Crippen molar-refractivity contribution in [3.8, 4) is 11.5 Å². The van der Waals surface area contributed by atoms with Crippen LogP contribution < -0.4 is 9.47 Å². The predicted octanol–water partition coefficient (Wildman–Crippen LogP) is 1.85. The van der Waals surface area contributed by atoms with Gasteiger partial charge in [0.05, 0.1) is 12.6 Å². The number of hydrogen-bond acceptors (Lipinski definition) is 4. The summed E-state index contributed by atoms with van der Waals surface area (Å²) in [6.07, 6.45) is 2.96. The Morgan fingerprint density at radius 1 is 1.20 bits per heavy atom. The molecule has 1 unspecified atom stereocenters. The van der Waals surface area contributed by atoms with Crippen molar-refractivity contribution >= 4 is 5.91 Å². The third-order valence-corrected chi connectivity index (χ3v) is 3.85. The van der Waals surface area contributed by atoms with Gasteiger partial charge in [0.2, 0.25) is 12.7 Å². The van der Waals surface area contributed by atoms with Crippen molar-refractivity contribution in [1.82, 2.24) is 4.90 Å². The SMILES string of the molecule is O=C1CCCCCN1CC(O)c1ccc2c(c1)OCO2. The number of ether oxygens (including phenoxy) is 2. The Bertz CT molecular complexity index is 503. The van der Waals surface area contributed by atoms with E-state index in [4.69, 9.17) is 9.47 Å². The molecule has 0 radical (unpaired) electrons. The summed E-state index contributed by atoms with van der Waals surface area (Å²) in [5.74, 6) is 1.50. The van der Waals surface area contributed by atoms with Crippen molar-refractivity contribution in [1.29, 1.82) is 0 Å². The lowest BCUT2D eigenvalue weighted by atomic mass is 10.1. The van der Waals surface area contributed by atoms with Gasteiger partial charge in [-0.15, -0.1) is 0 Å². The number of aliphatic hydroxyl groups excluding tert-OH is 1. The molecule has 1 aromatic rings. The smallest absolute Gasteiger partial charge is 0.231 e.